The van der Waals surface area contributed by atoms with Crippen LogP contribution in [0, 0.1) is 29.1 Å². The van der Waals surface area contributed by atoms with Gasteiger partial charge in [-0.05, 0) is 47.1 Å². The molecule has 0 heterocycles. The van der Waals surface area contributed by atoms with Gasteiger partial charge >= 0.3 is 12.1 Å². The van der Waals surface area contributed by atoms with Gasteiger partial charge in [-0.1, -0.05) is 48.9 Å². The number of nitrogens with one attached hydrogen (secondary N) is 1. The maximum atomic E-state index is 13.6. The van der Waals surface area contributed by atoms with Gasteiger partial charge in [-0.2, -0.15) is 8.78 Å². The maximum Gasteiger partial charge on any atom is 0.407 e. The Bertz CT molecular complexity index is 1320. The van der Waals surface area contributed by atoms with Crippen molar-refractivity contribution in [3.8, 4) is 16.9 Å². The van der Waals surface area contributed by atoms with Crippen LogP contribution in [0.25, 0.3) is 11.1 Å². The Hall–Kier alpha value is -3.95. The maximum absolute atomic E-state index is 13.6. The van der Waals surface area contributed by atoms with Crippen LogP contribution in [0.4, 0.5) is 26.7 Å². The van der Waals surface area contributed by atoms with Crippen molar-refractivity contribution in [3.63, 3.8) is 0 Å². The average molecular weight is 519 g/mol. The van der Waals surface area contributed by atoms with Crippen molar-refractivity contribution in [2.45, 2.75) is 38.7 Å². The SMILES string of the molecule is O=C(CCCCCNC(=O)OCc1cccc2c1Cc1ccccc1-2)Oc1c(F)c(F)c(F)c(F)c1F. The highest BCUT2D eigenvalue weighted by molar-refractivity contribution is 5.78. The molecule has 4 rings (SSSR count). The van der Waals surface area contributed by atoms with E-state index in [1.807, 2.05) is 30.3 Å². The molecule has 0 saturated heterocycles. The molecule has 0 unspecified atom stereocenters. The molecule has 0 fully saturated rings. The van der Waals surface area contributed by atoms with Gasteiger partial charge < -0.3 is 14.8 Å². The summed E-state index contributed by atoms with van der Waals surface area (Å²) in [4.78, 5) is 23.8. The van der Waals surface area contributed by atoms with Crippen molar-refractivity contribution < 1.29 is 41.0 Å². The minimum Gasteiger partial charge on any atom is -0.445 e. The highest BCUT2D eigenvalue weighted by Gasteiger charge is 2.28. The van der Waals surface area contributed by atoms with Crippen LogP contribution < -0.4 is 10.1 Å². The van der Waals surface area contributed by atoms with Gasteiger partial charge in [0.1, 0.15) is 6.61 Å². The standard InChI is InChI=1S/C27H22F5NO4/c28-21-22(29)24(31)26(25(32)23(21)30)37-20(34)11-2-1-5-12-33-27(35)36-14-16-8-6-10-18-17-9-4-3-7-15(17)13-19(16)18/h3-4,6-10H,1-2,5,11-14H2,(H,33,35). The molecule has 1 aliphatic rings. The molecular formula is C27H22F5NO4. The van der Waals surface area contributed by atoms with Crippen molar-refractivity contribution in [1.29, 1.82) is 0 Å². The fraction of sp³-hybridized carbons (Fsp3) is 0.259. The third-order valence-electron chi connectivity index (χ3n) is 6.02. The van der Waals surface area contributed by atoms with Crippen LogP contribution >= 0.6 is 0 Å². The van der Waals surface area contributed by atoms with E-state index < -0.39 is 46.9 Å². The first-order chi connectivity index (χ1) is 17.8. The van der Waals surface area contributed by atoms with Crippen molar-refractivity contribution in [1.82, 2.24) is 5.32 Å². The van der Waals surface area contributed by atoms with Gasteiger partial charge in [-0.25, -0.2) is 18.0 Å². The van der Waals surface area contributed by atoms with Crippen LogP contribution in [0.15, 0.2) is 42.5 Å². The molecule has 0 aromatic heterocycles. The van der Waals surface area contributed by atoms with Crippen molar-refractivity contribution in [2.75, 3.05) is 6.54 Å². The molecule has 0 bridgehead atoms. The molecule has 0 spiro atoms. The number of hydrogen-bond acceptors (Lipinski definition) is 4. The van der Waals surface area contributed by atoms with Crippen LogP contribution in [-0.4, -0.2) is 18.6 Å². The quantitative estimate of drug-likeness (QED) is 0.0700. The van der Waals surface area contributed by atoms with E-state index >= 15 is 0 Å². The zero-order valence-corrected chi connectivity index (χ0v) is 19.5. The summed E-state index contributed by atoms with van der Waals surface area (Å²) in [6.45, 7) is 0.371. The van der Waals surface area contributed by atoms with E-state index in [4.69, 9.17) is 4.74 Å². The number of benzene rings is 3. The fourth-order valence-corrected chi connectivity index (χ4v) is 4.15. The first kappa shape index (κ1) is 26.1. The Morgan fingerprint density at radius 1 is 0.784 bits per heavy atom. The van der Waals surface area contributed by atoms with Gasteiger partial charge in [0, 0.05) is 13.0 Å². The van der Waals surface area contributed by atoms with Crippen molar-refractivity contribution in [2.24, 2.45) is 0 Å². The molecule has 194 valence electrons. The molecule has 3 aromatic rings. The first-order valence-corrected chi connectivity index (χ1v) is 11.6. The number of esters is 1. The van der Waals surface area contributed by atoms with Gasteiger partial charge in [0.2, 0.25) is 34.8 Å². The number of carbonyl (C=O) groups excluding carboxylic acids is 2. The van der Waals surface area contributed by atoms with Crippen LogP contribution in [-0.2, 0) is 22.6 Å². The van der Waals surface area contributed by atoms with Crippen molar-refractivity contribution >= 4 is 12.1 Å². The normalized spacial score (nSPS) is 11.6. The molecule has 1 amide bonds. The number of ether oxygens (including phenoxy) is 2. The molecule has 5 nitrogen and oxygen atoms in total. The predicted octanol–water partition coefficient (Wildman–Crippen LogP) is 6.35. The number of halogens is 5. The monoisotopic (exact) mass is 519 g/mol. The molecule has 0 atom stereocenters. The lowest BCUT2D eigenvalue weighted by molar-refractivity contribution is -0.135. The molecule has 37 heavy (non-hydrogen) atoms. The van der Waals surface area contributed by atoms with E-state index in [1.54, 1.807) is 0 Å². The van der Waals surface area contributed by atoms with Gasteiger partial charge in [-0.15, -0.1) is 0 Å². The molecule has 3 aromatic carbocycles. The number of rotatable bonds is 9. The number of amides is 1. The summed E-state index contributed by atoms with van der Waals surface area (Å²) in [6.07, 6.45) is 0.962. The number of carbonyl (C=O) groups is 2. The van der Waals surface area contributed by atoms with Crippen LogP contribution in [0.2, 0.25) is 0 Å². The molecule has 1 aliphatic carbocycles. The topological polar surface area (TPSA) is 64.6 Å². The van der Waals surface area contributed by atoms with Crippen LogP contribution in [0.1, 0.15) is 42.4 Å². The lowest BCUT2D eigenvalue weighted by Crippen LogP contribution is -2.25. The Morgan fingerprint density at radius 3 is 2.22 bits per heavy atom. The van der Waals surface area contributed by atoms with Gasteiger partial charge in [-0.3, -0.25) is 4.79 Å². The molecule has 0 aliphatic heterocycles. The van der Waals surface area contributed by atoms with Gasteiger partial charge in [0.05, 0.1) is 0 Å². The lowest BCUT2D eigenvalue weighted by atomic mass is 10.0. The van der Waals surface area contributed by atoms with Gasteiger partial charge in [0.15, 0.2) is 0 Å². The summed E-state index contributed by atoms with van der Waals surface area (Å²) in [6, 6.07) is 14.0. The molecule has 10 heteroatoms. The molecular weight excluding hydrogens is 497 g/mol. The number of fused-ring (bicyclic) bond motifs is 3. The summed E-state index contributed by atoms with van der Waals surface area (Å²) in [5.41, 5.74) is 5.60. The summed E-state index contributed by atoms with van der Waals surface area (Å²) < 4.78 is 76.2. The molecule has 0 radical (unpaired) electrons. The average Bonchev–Trinajstić information content (AvgIpc) is 3.29. The van der Waals surface area contributed by atoms with Crippen LogP contribution in [0.3, 0.4) is 0 Å². The molecule has 0 saturated carbocycles. The Balaban J connectivity index is 1.15. The van der Waals surface area contributed by atoms with E-state index in [1.165, 1.54) is 11.1 Å². The number of hydrogen-bond donors (Lipinski definition) is 1. The fourth-order valence-electron chi connectivity index (χ4n) is 4.15. The third kappa shape index (κ3) is 5.73. The second-order valence-corrected chi connectivity index (χ2v) is 8.46. The minimum absolute atomic E-state index is 0.118. The second-order valence-electron chi connectivity index (χ2n) is 8.46. The predicted molar refractivity (Wildman–Crippen MR) is 123 cm³/mol. The summed E-state index contributed by atoms with van der Waals surface area (Å²) >= 11 is 0. The summed E-state index contributed by atoms with van der Waals surface area (Å²) in [5.74, 6) is -13.9. The van der Waals surface area contributed by atoms with Crippen molar-refractivity contribution in [3.05, 3.63) is 88.2 Å². The Kier molecular flexibility index (Phi) is 8.05. The number of alkyl carbamates (subject to hydrolysis) is 1. The van der Waals surface area contributed by atoms with E-state index in [-0.39, 0.29) is 26.0 Å². The van der Waals surface area contributed by atoms with Gasteiger partial charge in [0.25, 0.3) is 0 Å². The Labute approximate surface area is 209 Å². The summed E-state index contributed by atoms with van der Waals surface area (Å²) in [7, 11) is 0. The van der Waals surface area contributed by atoms with E-state index in [9.17, 15) is 31.5 Å². The second kappa shape index (κ2) is 11.4. The van der Waals surface area contributed by atoms with Crippen LogP contribution in [0.5, 0.6) is 5.75 Å². The molecule has 1 N–H and O–H groups in total. The minimum atomic E-state index is -2.33. The zero-order chi connectivity index (χ0) is 26.5. The first-order valence-electron chi connectivity index (χ1n) is 11.6. The smallest absolute Gasteiger partial charge is 0.407 e. The highest BCUT2D eigenvalue weighted by atomic mass is 19.2. The summed E-state index contributed by atoms with van der Waals surface area (Å²) in [5, 5.41) is 2.60. The number of unbranched alkanes of at least 4 members (excludes halogenated alkanes) is 2. The zero-order valence-electron chi connectivity index (χ0n) is 19.5. The largest absolute Gasteiger partial charge is 0.445 e. The third-order valence-corrected chi connectivity index (χ3v) is 6.02. The highest BCUT2D eigenvalue weighted by Crippen LogP contribution is 2.38. The Morgan fingerprint density at radius 2 is 1.46 bits per heavy atom. The lowest BCUT2D eigenvalue weighted by Gasteiger charge is -2.11. The van der Waals surface area contributed by atoms with E-state index in [0.29, 0.717) is 12.8 Å². The van der Waals surface area contributed by atoms with E-state index in [0.717, 1.165) is 23.1 Å². The van der Waals surface area contributed by atoms with E-state index in [2.05, 4.69) is 22.2 Å².